The molecule has 5 rings (SSSR count). The molecule has 0 spiro atoms. The lowest BCUT2D eigenvalue weighted by molar-refractivity contribution is -0.113. The number of anilines is 2. The van der Waals surface area contributed by atoms with Gasteiger partial charge in [0, 0.05) is 27.4 Å². The summed E-state index contributed by atoms with van der Waals surface area (Å²) in [5.41, 5.74) is 6.57. The van der Waals surface area contributed by atoms with E-state index in [4.69, 9.17) is 0 Å². The lowest BCUT2D eigenvalue weighted by Gasteiger charge is -2.29. The zero-order chi connectivity index (χ0) is 21.2. The number of hydrogen-bond donors (Lipinski definition) is 3. The van der Waals surface area contributed by atoms with Crippen LogP contribution in [0.5, 0.6) is 0 Å². The van der Waals surface area contributed by atoms with Crippen molar-refractivity contribution in [2.24, 2.45) is 0 Å². The van der Waals surface area contributed by atoms with E-state index in [1.165, 1.54) is 5.56 Å². The Morgan fingerprint density at radius 1 is 1.03 bits per heavy atom. The molecular formula is C25H24N2O2S. The number of nitrogens with one attached hydrogen (secondary N) is 2. The van der Waals surface area contributed by atoms with Gasteiger partial charge in [0.05, 0.1) is 16.5 Å². The first-order valence-electron chi connectivity index (χ1n) is 10.1. The number of aliphatic hydroxyl groups excluding tert-OH is 1. The van der Waals surface area contributed by atoms with Gasteiger partial charge in [0.25, 0.3) is 0 Å². The molecule has 0 bridgehead atoms. The van der Waals surface area contributed by atoms with Crippen molar-refractivity contribution in [3.05, 3.63) is 87.8 Å². The Bertz CT molecular complexity index is 1180. The van der Waals surface area contributed by atoms with Crippen LogP contribution in [0.2, 0.25) is 0 Å². The number of thioether (sulfide) groups is 1. The standard InChI is InChI=1S/C25H24N2O2S/c1-13(23-25(3,4)15-9-5-6-10-16(15)26-23)19-21(28)20(22(19)29)14(2)24-27-17-11-7-8-12-18(17)30-24/h5-12,24,26-28H,1-4H3. The topological polar surface area (TPSA) is 61.4 Å². The zero-order valence-electron chi connectivity index (χ0n) is 17.5. The van der Waals surface area contributed by atoms with Crippen LogP contribution in [-0.4, -0.2) is 16.3 Å². The van der Waals surface area contributed by atoms with Gasteiger partial charge < -0.3 is 15.7 Å². The first-order valence-corrected chi connectivity index (χ1v) is 11.0. The quantitative estimate of drug-likeness (QED) is 0.531. The molecule has 2 aromatic carbocycles. The number of Topliss-reactive ketones (excluding diaryl/α,β-unsaturated/α-hetero) is 1. The normalized spacial score (nSPS) is 24.5. The lowest BCUT2D eigenvalue weighted by atomic mass is 9.76. The summed E-state index contributed by atoms with van der Waals surface area (Å²) < 4.78 is 0. The fourth-order valence-electron chi connectivity index (χ4n) is 4.68. The SMILES string of the molecule is CC(C1=C(O)C(=C(C)C2Nc3ccccc3S2)C1=O)=C1Nc2ccccc2C1(C)C. The van der Waals surface area contributed by atoms with Crippen LogP contribution in [0.3, 0.4) is 0 Å². The first-order chi connectivity index (χ1) is 14.3. The third-order valence-electron chi connectivity index (χ3n) is 6.37. The molecule has 0 saturated carbocycles. The maximum Gasteiger partial charge on any atom is 0.200 e. The molecule has 4 nitrogen and oxygen atoms in total. The highest BCUT2D eigenvalue weighted by Gasteiger charge is 2.43. The van der Waals surface area contributed by atoms with Gasteiger partial charge in [-0.05, 0) is 48.8 Å². The highest BCUT2D eigenvalue weighted by atomic mass is 32.2. The minimum Gasteiger partial charge on any atom is -0.506 e. The highest BCUT2D eigenvalue weighted by molar-refractivity contribution is 8.00. The number of allylic oxidation sites excluding steroid dienone is 4. The Kier molecular flexibility index (Phi) is 4.16. The average molecular weight is 417 g/mol. The van der Waals surface area contributed by atoms with E-state index in [9.17, 15) is 9.90 Å². The molecule has 0 radical (unpaired) electrons. The Labute approximate surface area is 180 Å². The number of carbonyl (C=O) groups excluding carboxylic acids is 1. The molecule has 1 aliphatic carbocycles. The van der Waals surface area contributed by atoms with Gasteiger partial charge in [0.1, 0.15) is 5.76 Å². The number of rotatable bonds is 2. The fourth-order valence-corrected chi connectivity index (χ4v) is 5.83. The minimum atomic E-state index is -0.257. The summed E-state index contributed by atoms with van der Waals surface area (Å²) >= 11 is 1.67. The highest BCUT2D eigenvalue weighted by Crippen LogP contribution is 2.49. The molecule has 1 unspecified atom stereocenters. The van der Waals surface area contributed by atoms with Crippen LogP contribution < -0.4 is 10.6 Å². The van der Waals surface area contributed by atoms with Crippen molar-refractivity contribution in [1.82, 2.24) is 0 Å². The van der Waals surface area contributed by atoms with Gasteiger partial charge in [-0.2, -0.15) is 0 Å². The summed E-state index contributed by atoms with van der Waals surface area (Å²) in [5, 5.41) is 17.8. The van der Waals surface area contributed by atoms with Crippen LogP contribution in [-0.2, 0) is 10.2 Å². The van der Waals surface area contributed by atoms with Gasteiger partial charge in [0.15, 0.2) is 0 Å². The predicted octanol–water partition coefficient (Wildman–Crippen LogP) is 5.92. The Hall–Kier alpha value is -2.92. The monoisotopic (exact) mass is 416 g/mol. The van der Waals surface area contributed by atoms with Gasteiger partial charge in [0.2, 0.25) is 5.78 Å². The van der Waals surface area contributed by atoms with Crippen LogP contribution in [0.15, 0.2) is 87.2 Å². The Morgan fingerprint density at radius 3 is 2.37 bits per heavy atom. The second-order valence-corrected chi connectivity index (χ2v) is 9.69. The van der Waals surface area contributed by atoms with Gasteiger partial charge in [-0.15, -0.1) is 0 Å². The fraction of sp³-hybridized carbons (Fsp3) is 0.240. The number of aliphatic hydroxyl groups is 1. The summed E-state index contributed by atoms with van der Waals surface area (Å²) in [5.74, 6) is 0.0244. The third-order valence-corrected chi connectivity index (χ3v) is 7.69. The van der Waals surface area contributed by atoms with Crippen molar-refractivity contribution in [1.29, 1.82) is 0 Å². The van der Waals surface area contributed by atoms with Gasteiger partial charge in [-0.25, -0.2) is 0 Å². The van der Waals surface area contributed by atoms with Crippen LogP contribution in [0.1, 0.15) is 33.3 Å². The molecular weight excluding hydrogens is 392 g/mol. The van der Waals surface area contributed by atoms with E-state index >= 15 is 0 Å². The average Bonchev–Trinajstić information content (AvgIpc) is 3.27. The Balaban J connectivity index is 1.51. The molecule has 0 aromatic heterocycles. The second kappa shape index (κ2) is 6.54. The van der Waals surface area contributed by atoms with Crippen LogP contribution >= 0.6 is 11.8 Å². The van der Waals surface area contributed by atoms with Crippen LogP contribution in [0.25, 0.3) is 0 Å². The van der Waals surface area contributed by atoms with Crippen LogP contribution in [0, 0.1) is 0 Å². The number of benzene rings is 2. The molecule has 3 aliphatic rings. The number of hydrogen-bond acceptors (Lipinski definition) is 5. The van der Waals surface area contributed by atoms with E-state index in [0.29, 0.717) is 11.1 Å². The maximum absolute atomic E-state index is 13.2. The summed E-state index contributed by atoms with van der Waals surface area (Å²) in [6, 6.07) is 16.3. The molecule has 5 heteroatoms. The van der Waals surface area contributed by atoms with E-state index in [1.807, 2.05) is 50.2 Å². The number of carbonyl (C=O) groups is 1. The van der Waals surface area contributed by atoms with E-state index in [1.54, 1.807) is 11.8 Å². The van der Waals surface area contributed by atoms with Crippen molar-refractivity contribution < 1.29 is 9.90 Å². The summed E-state index contributed by atoms with van der Waals surface area (Å²) in [7, 11) is 0. The largest absolute Gasteiger partial charge is 0.506 e. The van der Waals surface area contributed by atoms with Crippen molar-refractivity contribution in [3.63, 3.8) is 0 Å². The molecule has 0 saturated heterocycles. The second-order valence-electron chi connectivity index (χ2n) is 8.54. The van der Waals surface area contributed by atoms with Crippen molar-refractivity contribution in [2.45, 2.75) is 43.4 Å². The Morgan fingerprint density at radius 2 is 1.70 bits per heavy atom. The molecule has 1 atom stereocenters. The lowest BCUT2D eigenvalue weighted by Crippen LogP contribution is -2.30. The van der Waals surface area contributed by atoms with Crippen molar-refractivity contribution in [2.75, 3.05) is 10.6 Å². The number of ketones is 1. The molecule has 2 heterocycles. The minimum absolute atomic E-state index is 0.0525. The third kappa shape index (κ3) is 2.58. The van der Waals surface area contributed by atoms with E-state index in [2.05, 4.69) is 36.6 Å². The van der Waals surface area contributed by atoms with Crippen molar-refractivity contribution >= 4 is 28.9 Å². The molecule has 0 amide bonds. The van der Waals surface area contributed by atoms with Gasteiger partial charge in [-0.3, -0.25) is 4.79 Å². The van der Waals surface area contributed by atoms with E-state index < -0.39 is 0 Å². The zero-order valence-corrected chi connectivity index (χ0v) is 18.3. The smallest absolute Gasteiger partial charge is 0.200 e. The summed E-state index contributed by atoms with van der Waals surface area (Å²) in [4.78, 5) is 14.3. The van der Waals surface area contributed by atoms with E-state index in [0.717, 1.165) is 33.1 Å². The summed E-state index contributed by atoms with van der Waals surface area (Å²) in [6.07, 6.45) is 0. The molecule has 3 N–H and O–H groups in total. The number of para-hydroxylation sites is 2. The van der Waals surface area contributed by atoms with Crippen molar-refractivity contribution in [3.8, 4) is 0 Å². The first kappa shape index (κ1) is 19.1. The molecule has 2 aliphatic heterocycles. The number of fused-ring (bicyclic) bond motifs is 2. The van der Waals surface area contributed by atoms with Gasteiger partial charge >= 0.3 is 0 Å². The summed E-state index contributed by atoms with van der Waals surface area (Å²) in [6.45, 7) is 8.13. The van der Waals surface area contributed by atoms with Gasteiger partial charge in [-0.1, -0.05) is 55.9 Å². The maximum atomic E-state index is 13.2. The molecule has 152 valence electrons. The molecule has 30 heavy (non-hydrogen) atoms. The van der Waals surface area contributed by atoms with Crippen LogP contribution in [0.4, 0.5) is 11.4 Å². The predicted molar refractivity (Wildman–Crippen MR) is 123 cm³/mol. The molecule has 0 fully saturated rings. The molecule has 2 aromatic rings. The van der Waals surface area contributed by atoms with E-state index in [-0.39, 0.29) is 22.3 Å².